The molecule has 0 saturated carbocycles. The summed E-state index contributed by atoms with van der Waals surface area (Å²) in [6.07, 6.45) is 0. The molecule has 0 fully saturated rings. The molecule has 102 valence electrons. The van der Waals surface area contributed by atoms with E-state index in [9.17, 15) is 4.39 Å². The number of hydrogen-bond acceptors (Lipinski definition) is 3. The molecule has 3 aromatic rings. The Kier molecular flexibility index (Phi) is 2.82. The summed E-state index contributed by atoms with van der Waals surface area (Å²) in [4.78, 5) is 4.37. The minimum Gasteiger partial charge on any atom is -0.494 e. The third-order valence-corrected chi connectivity index (χ3v) is 3.31. The van der Waals surface area contributed by atoms with Crippen molar-refractivity contribution in [3.05, 3.63) is 47.8 Å². The fourth-order valence-electron chi connectivity index (χ4n) is 2.32. The van der Waals surface area contributed by atoms with E-state index in [0.717, 1.165) is 16.6 Å². The van der Waals surface area contributed by atoms with Crippen LogP contribution in [0.4, 0.5) is 10.3 Å². The van der Waals surface area contributed by atoms with E-state index >= 15 is 0 Å². The Balaban J connectivity index is 2.29. The number of halogens is 1. The van der Waals surface area contributed by atoms with Gasteiger partial charge in [0, 0.05) is 6.07 Å². The molecule has 0 aliphatic carbocycles. The number of aromatic nitrogens is 2. The molecule has 2 N–H and O–H groups in total. The number of benzene rings is 2. The van der Waals surface area contributed by atoms with Gasteiger partial charge in [0.25, 0.3) is 0 Å². The van der Waals surface area contributed by atoms with Gasteiger partial charge in [-0.25, -0.2) is 9.37 Å². The Morgan fingerprint density at radius 1 is 1.25 bits per heavy atom. The molecule has 0 aliphatic rings. The smallest absolute Gasteiger partial charge is 0.205 e. The summed E-state index contributed by atoms with van der Waals surface area (Å²) in [5.41, 5.74) is 9.49. The van der Waals surface area contributed by atoms with Crippen LogP contribution in [0.25, 0.3) is 16.7 Å². The van der Waals surface area contributed by atoms with Crippen LogP contribution in [0.15, 0.2) is 36.4 Å². The highest BCUT2D eigenvalue weighted by Gasteiger charge is 2.13. The van der Waals surface area contributed by atoms with Crippen molar-refractivity contribution in [3.8, 4) is 11.4 Å². The molecule has 1 aromatic heterocycles. The van der Waals surface area contributed by atoms with E-state index in [1.807, 2.05) is 25.1 Å². The zero-order valence-electron chi connectivity index (χ0n) is 11.2. The number of fused-ring (bicyclic) bond motifs is 1. The van der Waals surface area contributed by atoms with Gasteiger partial charge in [-0.2, -0.15) is 0 Å². The van der Waals surface area contributed by atoms with Gasteiger partial charge in [-0.15, -0.1) is 0 Å². The first kappa shape index (κ1) is 12.5. The molecule has 0 unspecified atom stereocenters. The summed E-state index contributed by atoms with van der Waals surface area (Å²) < 4.78 is 20.3. The van der Waals surface area contributed by atoms with Crippen molar-refractivity contribution >= 4 is 17.0 Å². The lowest BCUT2D eigenvalue weighted by Gasteiger charge is -2.09. The van der Waals surface area contributed by atoms with Crippen molar-refractivity contribution in [2.24, 2.45) is 0 Å². The standard InChI is InChI=1S/C15H14FN3O/c1-9-4-3-5-12-14(9)18-15(17)19(12)10-6-7-11(16)13(8-10)20-2/h3-8H,1-2H3,(H2,17,18). The number of rotatable bonds is 2. The quantitative estimate of drug-likeness (QED) is 0.779. The maximum absolute atomic E-state index is 13.5. The molecule has 1 heterocycles. The zero-order valence-corrected chi connectivity index (χ0v) is 11.2. The van der Waals surface area contributed by atoms with Crippen LogP contribution >= 0.6 is 0 Å². The topological polar surface area (TPSA) is 53.1 Å². The minimum atomic E-state index is -0.407. The molecule has 0 amide bonds. The van der Waals surface area contributed by atoms with E-state index in [1.54, 1.807) is 16.7 Å². The highest BCUT2D eigenvalue weighted by atomic mass is 19.1. The van der Waals surface area contributed by atoms with Crippen LogP contribution in [0, 0.1) is 12.7 Å². The van der Waals surface area contributed by atoms with Gasteiger partial charge in [0.05, 0.1) is 23.8 Å². The molecule has 4 nitrogen and oxygen atoms in total. The summed E-state index contributed by atoms with van der Waals surface area (Å²) in [5, 5.41) is 0. The van der Waals surface area contributed by atoms with Gasteiger partial charge in [-0.05, 0) is 30.7 Å². The lowest BCUT2D eigenvalue weighted by atomic mass is 10.2. The molecular weight excluding hydrogens is 257 g/mol. The van der Waals surface area contributed by atoms with Gasteiger partial charge in [-0.1, -0.05) is 12.1 Å². The SMILES string of the molecule is COc1cc(-n2c(N)nc3c(C)cccc32)ccc1F. The first-order valence-electron chi connectivity index (χ1n) is 6.19. The monoisotopic (exact) mass is 271 g/mol. The Morgan fingerprint density at radius 2 is 2.05 bits per heavy atom. The summed E-state index contributed by atoms with van der Waals surface area (Å²) in [6, 6.07) is 10.5. The Labute approximate surface area is 115 Å². The average Bonchev–Trinajstić information content (AvgIpc) is 2.77. The maximum Gasteiger partial charge on any atom is 0.205 e. The van der Waals surface area contributed by atoms with E-state index in [2.05, 4.69) is 4.98 Å². The molecule has 3 rings (SSSR count). The number of nitrogen functional groups attached to an aromatic ring is 1. The Bertz CT molecular complexity index is 795. The Hall–Kier alpha value is -2.56. The van der Waals surface area contributed by atoms with Crippen molar-refractivity contribution < 1.29 is 9.13 Å². The molecule has 20 heavy (non-hydrogen) atoms. The van der Waals surface area contributed by atoms with E-state index in [-0.39, 0.29) is 5.75 Å². The predicted octanol–water partition coefficient (Wildman–Crippen LogP) is 3.06. The van der Waals surface area contributed by atoms with E-state index in [0.29, 0.717) is 11.6 Å². The highest BCUT2D eigenvalue weighted by molar-refractivity contribution is 5.83. The van der Waals surface area contributed by atoms with Gasteiger partial charge in [0.1, 0.15) is 0 Å². The second-order valence-corrected chi connectivity index (χ2v) is 4.57. The number of nitrogens with two attached hydrogens (primary N) is 1. The number of anilines is 1. The van der Waals surface area contributed by atoms with Gasteiger partial charge < -0.3 is 10.5 Å². The molecular formula is C15H14FN3O. The number of imidazole rings is 1. The van der Waals surface area contributed by atoms with Crippen LogP contribution in [-0.4, -0.2) is 16.7 Å². The van der Waals surface area contributed by atoms with Gasteiger partial charge in [0.2, 0.25) is 5.95 Å². The summed E-state index contributed by atoms with van der Waals surface area (Å²) >= 11 is 0. The molecule has 0 radical (unpaired) electrons. The lowest BCUT2D eigenvalue weighted by Crippen LogP contribution is -2.01. The summed E-state index contributed by atoms with van der Waals surface area (Å²) in [6.45, 7) is 1.98. The van der Waals surface area contributed by atoms with Crippen LogP contribution in [-0.2, 0) is 0 Å². The zero-order chi connectivity index (χ0) is 14.3. The van der Waals surface area contributed by atoms with Crippen LogP contribution < -0.4 is 10.5 Å². The normalized spacial score (nSPS) is 10.9. The lowest BCUT2D eigenvalue weighted by molar-refractivity contribution is 0.386. The van der Waals surface area contributed by atoms with Gasteiger partial charge in [-0.3, -0.25) is 4.57 Å². The van der Waals surface area contributed by atoms with Crippen molar-refractivity contribution in [1.29, 1.82) is 0 Å². The average molecular weight is 271 g/mol. The molecule has 0 saturated heterocycles. The third-order valence-electron chi connectivity index (χ3n) is 3.31. The molecule has 0 spiro atoms. The molecule has 0 bridgehead atoms. The first-order chi connectivity index (χ1) is 9.61. The fraction of sp³-hybridized carbons (Fsp3) is 0.133. The molecule has 0 aliphatic heterocycles. The van der Waals surface area contributed by atoms with E-state index in [4.69, 9.17) is 10.5 Å². The van der Waals surface area contributed by atoms with Crippen molar-refractivity contribution in [3.63, 3.8) is 0 Å². The van der Waals surface area contributed by atoms with Crippen LogP contribution in [0.5, 0.6) is 5.75 Å². The molecule has 0 atom stereocenters. The molecule has 2 aromatic carbocycles. The van der Waals surface area contributed by atoms with Gasteiger partial charge >= 0.3 is 0 Å². The van der Waals surface area contributed by atoms with E-state index < -0.39 is 5.82 Å². The van der Waals surface area contributed by atoms with E-state index in [1.165, 1.54) is 13.2 Å². The summed E-state index contributed by atoms with van der Waals surface area (Å²) in [7, 11) is 1.43. The van der Waals surface area contributed by atoms with Crippen molar-refractivity contribution in [2.45, 2.75) is 6.92 Å². The fourth-order valence-corrected chi connectivity index (χ4v) is 2.32. The number of nitrogens with zero attached hydrogens (tertiary/aromatic N) is 2. The highest BCUT2D eigenvalue weighted by Crippen LogP contribution is 2.28. The van der Waals surface area contributed by atoms with Crippen molar-refractivity contribution in [2.75, 3.05) is 12.8 Å². The number of methoxy groups -OCH3 is 1. The number of aryl methyl sites for hydroxylation is 1. The number of para-hydroxylation sites is 1. The van der Waals surface area contributed by atoms with Crippen LogP contribution in [0.1, 0.15) is 5.56 Å². The number of hydrogen-bond donors (Lipinski definition) is 1. The second kappa shape index (κ2) is 4.52. The Morgan fingerprint density at radius 3 is 2.80 bits per heavy atom. The van der Waals surface area contributed by atoms with Crippen LogP contribution in [0.2, 0.25) is 0 Å². The minimum absolute atomic E-state index is 0.177. The third kappa shape index (κ3) is 1.79. The van der Waals surface area contributed by atoms with Gasteiger partial charge in [0.15, 0.2) is 11.6 Å². The first-order valence-corrected chi connectivity index (χ1v) is 6.19. The predicted molar refractivity (Wildman–Crippen MR) is 76.7 cm³/mol. The summed E-state index contributed by atoms with van der Waals surface area (Å²) in [5.74, 6) is 0.134. The molecule has 5 heteroatoms. The second-order valence-electron chi connectivity index (χ2n) is 4.57. The largest absolute Gasteiger partial charge is 0.494 e. The van der Waals surface area contributed by atoms with Crippen LogP contribution in [0.3, 0.4) is 0 Å². The maximum atomic E-state index is 13.5. The number of ether oxygens (including phenoxy) is 1. The van der Waals surface area contributed by atoms with Crippen molar-refractivity contribution in [1.82, 2.24) is 9.55 Å².